The summed E-state index contributed by atoms with van der Waals surface area (Å²) < 4.78 is 5.10. The normalized spacial score (nSPS) is 12.1. The van der Waals surface area contributed by atoms with Crippen molar-refractivity contribution < 1.29 is 14.3 Å². The van der Waals surface area contributed by atoms with E-state index in [-0.39, 0.29) is 16.7 Å². The maximum atomic E-state index is 12.1. The van der Waals surface area contributed by atoms with Crippen LogP contribution in [-0.2, 0) is 16.0 Å². The van der Waals surface area contributed by atoms with Crippen LogP contribution in [0.2, 0.25) is 0 Å². The number of anilines is 1. The Labute approximate surface area is 132 Å². The molecule has 0 saturated carbocycles. The summed E-state index contributed by atoms with van der Waals surface area (Å²) in [5.74, 6) is -0.506. The summed E-state index contributed by atoms with van der Waals surface area (Å²) in [6.45, 7) is 7.95. The van der Waals surface area contributed by atoms with Crippen molar-refractivity contribution in [2.24, 2.45) is 0 Å². The molecule has 0 aliphatic rings. The molecule has 20 heavy (non-hydrogen) atoms. The van der Waals surface area contributed by atoms with Crippen molar-refractivity contribution in [3.63, 3.8) is 0 Å². The largest absolute Gasteiger partial charge is 0.462 e. The molecule has 0 spiro atoms. The summed E-state index contributed by atoms with van der Waals surface area (Å²) in [5, 5.41) is 3.41. The quantitative estimate of drug-likeness (QED) is 0.617. The zero-order valence-corrected chi connectivity index (χ0v) is 14.6. The predicted molar refractivity (Wildman–Crippen MR) is 86.0 cm³/mol. The van der Waals surface area contributed by atoms with E-state index in [0.29, 0.717) is 23.6 Å². The van der Waals surface area contributed by atoms with Crippen molar-refractivity contribution in [2.75, 3.05) is 11.9 Å². The number of ether oxygens (including phenoxy) is 1. The molecule has 6 heteroatoms. The van der Waals surface area contributed by atoms with Crippen LogP contribution in [0.4, 0.5) is 5.00 Å². The number of nitrogens with one attached hydrogen (secondary N) is 1. The monoisotopic (exact) mass is 361 g/mol. The zero-order valence-electron chi connectivity index (χ0n) is 12.2. The van der Waals surface area contributed by atoms with Crippen LogP contribution in [0.1, 0.15) is 48.0 Å². The molecular weight excluding hydrogens is 342 g/mol. The summed E-state index contributed by atoms with van der Waals surface area (Å²) in [6.07, 6.45) is 1.42. The molecule has 1 heterocycles. The molecule has 1 amide bonds. The first-order valence-electron chi connectivity index (χ1n) is 6.70. The van der Waals surface area contributed by atoms with Gasteiger partial charge in [0.25, 0.3) is 0 Å². The minimum Gasteiger partial charge on any atom is -0.462 e. The molecule has 0 aromatic carbocycles. The average Bonchev–Trinajstić information content (AvgIpc) is 2.73. The van der Waals surface area contributed by atoms with Crippen molar-refractivity contribution >= 4 is 44.1 Å². The van der Waals surface area contributed by atoms with Gasteiger partial charge in [0.1, 0.15) is 5.00 Å². The highest BCUT2D eigenvalue weighted by Crippen LogP contribution is 2.34. The molecule has 4 nitrogen and oxygen atoms in total. The lowest BCUT2D eigenvalue weighted by molar-refractivity contribution is -0.115. The van der Waals surface area contributed by atoms with E-state index in [1.165, 1.54) is 11.3 Å². The molecule has 0 aliphatic carbocycles. The molecule has 112 valence electrons. The van der Waals surface area contributed by atoms with Gasteiger partial charge in [-0.05, 0) is 32.3 Å². The van der Waals surface area contributed by atoms with Gasteiger partial charge in [0.15, 0.2) is 0 Å². The second-order valence-electron chi connectivity index (χ2n) is 4.28. The van der Waals surface area contributed by atoms with Gasteiger partial charge in [-0.25, -0.2) is 4.79 Å². The second-order valence-corrected chi connectivity index (χ2v) is 6.61. The molecule has 0 fully saturated rings. The van der Waals surface area contributed by atoms with Gasteiger partial charge in [-0.3, -0.25) is 4.79 Å². The summed E-state index contributed by atoms with van der Waals surface area (Å²) in [7, 11) is 0. The molecule has 1 N–H and O–H groups in total. The van der Waals surface area contributed by atoms with Crippen LogP contribution in [0.25, 0.3) is 0 Å². The molecule has 1 aromatic rings. The number of carbonyl (C=O) groups excluding carboxylic acids is 2. The van der Waals surface area contributed by atoms with E-state index < -0.39 is 0 Å². The maximum Gasteiger partial charge on any atom is 0.341 e. The second kappa shape index (κ2) is 7.78. The maximum absolute atomic E-state index is 12.1. The summed E-state index contributed by atoms with van der Waals surface area (Å²) in [5.41, 5.74) is 1.45. The fourth-order valence-electron chi connectivity index (χ4n) is 1.89. The molecule has 0 bridgehead atoms. The van der Waals surface area contributed by atoms with Crippen molar-refractivity contribution in [1.29, 1.82) is 0 Å². The third-order valence-electron chi connectivity index (χ3n) is 2.92. The molecule has 0 saturated heterocycles. The van der Waals surface area contributed by atoms with Crippen molar-refractivity contribution in [3.05, 3.63) is 16.0 Å². The van der Waals surface area contributed by atoms with E-state index in [1.54, 1.807) is 6.92 Å². The fourth-order valence-corrected chi connectivity index (χ4v) is 3.14. The number of hydrogen-bond donors (Lipinski definition) is 1. The van der Waals surface area contributed by atoms with E-state index in [0.717, 1.165) is 16.9 Å². The van der Waals surface area contributed by atoms with Crippen molar-refractivity contribution in [2.45, 2.75) is 45.4 Å². The minimum absolute atomic E-state index is 0.137. The highest BCUT2D eigenvalue weighted by molar-refractivity contribution is 9.10. The Kier molecular flexibility index (Phi) is 6.68. The van der Waals surface area contributed by atoms with E-state index in [2.05, 4.69) is 21.2 Å². The first kappa shape index (κ1) is 17.2. The summed E-state index contributed by atoms with van der Waals surface area (Å²) in [4.78, 5) is 24.9. The molecule has 1 aromatic heterocycles. The topological polar surface area (TPSA) is 55.4 Å². The van der Waals surface area contributed by atoms with Crippen LogP contribution in [0.15, 0.2) is 0 Å². The lowest BCUT2D eigenvalue weighted by Crippen LogP contribution is -2.23. The Morgan fingerprint density at radius 1 is 1.35 bits per heavy atom. The van der Waals surface area contributed by atoms with Crippen molar-refractivity contribution in [1.82, 2.24) is 0 Å². The Hall–Kier alpha value is -0.880. The zero-order chi connectivity index (χ0) is 15.3. The lowest BCUT2D eigenvalue weighted by atomic mass is 10.1. The molecule has 1 unspecified atom stereocenters. The lowest BCUT2D eigenvalue weighted by Gasteiger charge is -2.10. The standard InChI is InChI=1S/C14H20BrNO3S/c1-5-9-8(4)20-13(11(9)14(18)19-7-3)16-12(17)10(15)6-2/h10H,5-7H2,1-4H3,(H,16,17). The van der Waals surface area contributed by atoms with Crippen LogP contribution in [0, 0.1) is 6.92 Å². The van der Waals surface area contributed by atoms with Gasteiger partial charge in [-0.15, -0.1) is 11.3 Å². The number of hydrogen-bond acceptors (Lipinski definition) is 4. The van der Waals surface area contributed by atoms with Gasteiger partial charge in [0.2, 0.25) is 5.91 Å². The van der Waals surface area contributed by atoms with Crippen LogP contribution in [-0.4, -0.2) is 23.3 Å². The highest BCUT2D eigenvalue weighted by atomic mass is 79.9. The fraction of sp³-hybridized carbons (Fsp3) is 0.571. The van der Waals surface area contributed by atoms with Crippen LogP contribution >= 0.6 is 27.3 Å². The van der Waals surface area contributed by atoms with Crippen LogP contribution in [0.5, 0.6) is 0 Å². The third kappa shape index (κ3) is 3.82. The number of rotatable bonds is 6. The van der Waals surface area contributed by atoms with Gasteiger partial charge in [-0.2, -0.15) is 0 Å². The Bertz CT molecular complexity index is 499. The predicted octanol–water partition coefficient (Wildman–Crippen LogP) is 3.91. The smallest absolute Gasteiger partial charge is 0.341 e. The SMILES string of the molecule is CCOC(=O)c1c(NC(=O)C(Br)CC)sc(C)c1CC. The average molecular weight is 362 g/mol. The van der Waals surface area contributed by atoms with Gasteiger partial charge in [-0.1, -0.05) is 29.8 Å². The number of esters is 1. The number of aryl methyl sites for hydroxylation is 1. The minimum atomic E-state index is -0.369. The summed E-state index contributed by atoms with van der Waals surface area (Å²) in [6, 6.07) is 0. The number of amides is 1. The van der Waals surface area contributed by atoms with Gasteiger partial charge in [0.05, 0.1) is 17.0 Å². The molecule has 1 rings (SSSR count). The number of alkyl halides is 1. The Morgan fingerprint density at radius 3 is 2.50 bits per heavy atom. The first-order valence-corrected chi connectivity index (χ1v) is 8.43. The number of carbonyl (C=O) groups is 2. The Balaban J connectivity index is 3.12. The van der Waals surface area contributed by atoms with Crippen LogP contribution < -0.4 is 5.32 Å². The molecule has 0 aliphatic heterocycles. The van der Waals surface area contributed by atoms with E-state index in [9.17, 15) is 9.59 Å². The molecular formula is C14H20BrNO3S. The van der Waals surface area contributed by atoms with Gasteiger partial charge in [0, 0.05) is 4.88 Å². The number of halogens is 1. The molecule has 1 atom stereocenters. The van der Waals surface area contributed by atoms with Crippen LogP contribution in [0.3, 0.4) is 0 Å². The highest BCUT2D eigenvalue weighted by Gasteiger charge is 2.24. The number of thiophene rings is 1. The van der Waals surface area contributed by atoms with Gasteiger partial charge >= 0.3 is 5.97 Å². The van der Waals surface area contributed by atoms with Crippen molar-refractivity contribution in [3.8, 4) is 0 Å². The molecule has 0 radical (unpaired) electrons. The van der Waals surface area contributed by atoms with Gasteiger partial charge < -0.3 is 10.1 Å². The van der Waals surface area contributed by atoms with E-state index in [1.807, 2.05) is 20.8 Å². The van der Waals surface area contributed by atoms with E-state index in [4.69, 9.17) is 4.74 Å². The first-order chi connectivity index (χ1) is 9.46. The van der Waals surface area contributed by atoms with E-state index >= 15 is 0 Å². The Morgan fingerprint density at radius 2 is 2.00 bits per heavy atom. The summed E-state index contributed by atoms with van der Waals surface area (Å²) >= 11 is 4.73. The third-order valence-corrected chi connectivity index (χ3v) is 5.05.